The molecule has 0 saturated heterocycles. The highest BCUT2D eigenvalue weighted by molar-refractivity contribution is 6.07. The Morgan fingerprint density at radius 3 is 2.69 bits per heavy atom. The normalized spacial score (nSPS) is 20.3. The fourth-order valence-corrected chi connectivity index (χ4v) is 3.95. The highest BCUT2D eigenvalue weighted by atomic mass is 16.4. The van der Waals surface area contributed by atoms with E-state index in [1.54, 1.807) is 19.3 Å². The minimum absolute atomic E-state index is 0.328. The third-order valence-corrected chi connectivity index (χ3v) is 5.02. The average Bonchev–Trinajstić information content (AvgIpc) is 3.05. The van der Waals surface area contributed by atoms with Gasteiger partial charge in [-0.2, -0.15) is 0 Å². The standard InChI is InChI=1S/C21H19N3O2/c1-12-18(14-6-5-9-22-10-14)20(19(21(25)26)13(2)24-12)16-11-23-17-8-4-3-7-15(16)17/h3-11,19-20,23H,1-2H3,(H,25,26). The van der Waals surface area contributed by atoms with Gasteiger partial charge in [-0.15, -0.1) is 0 Å². The molecular weight excluding hydrogens is 326 g/mol. The van der Waals surface area contributed by atoms with Gasteiger partial charge < -0.3 is 10.1 Å². The molecule has 5 nitrogen and oxygen atoms in total. The van der Waals surface area contributed by atoms with Crippen molar-refractivity contribution in [3.8, 4) is 0 Å². The molecule has 0 saturated carbocycles. The number of aliphatic carboxylic acids is 1. The van der Waals surface area contributed by atoms with Gasteiger partial charge in [-0.25, -0.2) is 0 Å². The molecular formula is C21H19N3O2. The molecule has 1 aromatic carbocycles. The summed E-state index contributed by atoms with van der Waals surface area (Å²) in [5, 5.41) is 11.0. The van der Waals surface area contributed by atoms with Crippen molar-refractivity contribution in [2.24, 2.45) is 10.9 Å². The monoisotopic (exact) mass is 345 g/mol. The molecule has 3 heterocycles. The number of hydrogen-bond acceptors (Lipinski definition) is 3. The third-order valence-electron chi connectivity index (χ3n) is 5.02. The van der Waals surface area contributed by atoms with Gasteiger partial charge in [0.15, 0.2) is 0 Å². The van der Waals surface area contributed by atoms with Gasteiger partial charge in [-0.05, 0) is 42.7 Å². The van der Waals surface area contributed by atoms with Crippen molar-refractivity contribution in [2.45, 2.75) is 19.8 Å². The summed E-state index contributed by atoms with van der Waals surface area (Å²) in [6.45, 7) is 3.73. The van der Waals surface area contributed by atoms with Gasteiger partial charge in [0.2, 0.25) is 0 Å². The van der Waals surface area contributed by atoms with Crippen LogP contribution >= 0.6 is 0 Å². The van der Waals surface area contributed by atoms with Crippen molar-refractivity contribution >= 4 is 28.2 Å². The molecule has 0 spiro atoms. The second-order valence-electron chi connectivity index (χ2n) is 6.58. The third kappa shape index (κ3) is 2.52. The van der Waals surface area contributed by atoms with Crippen LogP contribution in [0.4, 0.5) is 0 Å². The van der Waals surface area contributed by atoms with Gasteiger partial charge in [0.05, 0.1) is 0 Å². The quantitative estimate of drug-likeness (QED) is 0.745. The smallest absolute Gasteiger partial charge is 0.313 e. The van der Waals surface area contributed by atoms with Crippen LogP contribution in [0, 0.1) is 5.92 Å². The van der Waals surface area contributed by atoms with Crippen LogP contribution in [-0.4, -0.2) is 26.8 Å². The zero-order valence-electron chi connectivity index (χ0n) is 14.6. The molecule has 5 heteroatoms. The summed E-state index contributed by atoms with van der Waals surface area (Å²) in [6.07, 6.45) is 5.41. The Labute approximate surface area is 151 Å². The number of carbonyl (C=O) groups is 1. The van der Waals surface area contributed by atoms with Crippen molar-refractivity contribution in [1.29, 1.82) is 0 Å². The number of allylic oxidation sites excluding steroid dienone is 2. The molecule has 0 radical (unpaired) electrons. The van der Waals surface area contributed by atoms with E-state index >= 15 is 0 Å². The maximum atomic E-state index is 12.2. The van der Waals surface area contributed by atoms with E-state index in [1.807, 2.05) is 49.5 Å². The van der Waals surface area contributed by atoms with E-state index in [2.05, 4.69) is 15.0 Å². The van der Waals surface area contributed by atoms with E-state index in [4.69, 9.17) is 0 Å². The zero-order chi connectivity index (χ0) is 18.3. The van der Waals surface area contributed by atoms with Gasteiger partial charge in [0.25, 0.3) is 0 Å². The number of aromatic nitrogens is 2. The molecule has 0 bridgehead atoms. The number of pyridine rings is 1. The van der Waals surface area contributed by atoms with Crippen molar-refractivity contribution < 1.29 is 9.90 Å². The molecule has 4 rings (SSSR count). The molecule has 26 heavy (non-hydrogen) atoms. The van der Waals surface area contributed by atoms with Gasteiger partial charge >= 0.3 is 5.97 Å². The van der Waals surface area contributed by atoms with E-state index in [1.165, 1.54) is 0 Å². The minimum Gasteiger partial charge on any atom is -0.481 e. The first kappa shape index (κ1) is 16.3. The fourth-order valence-electron chi connectivity index (χ4n) is 3.95. The zero-order valence-corrected chi connectivity index (χ0v) is 14.6. The summed E-state index contributed by atoms with van der Waals surface area (Å²) in [6, 6.07) is 11.8. The molecule has 2 aromatic heterocycles. The Kier molecular flexibility index (Phi) is 3.92. The predicted molar refractivity (Wildman–Crippen MR) is 102 cm³/mol. The van der Waals surface area contributed by atoms with Crippen LogP contribution in [-0.2, 0) is 4.79 Å². The van der Waals surface area contributed by atoms with Gasteiger partial charge in [0.1, 0.15) is 5.92 Å². The number of nitrogens with zero attached hydrogens (tertiary/aromatic N) is 2. The number of fused-ring (bicyclic) bond motifs is 1. The number of para-hydroxylation sites is 1. The Hall–Kier alpha value is -3.21. The number of aliphatic imine (C=N–C) groups is 1. The Morgan fingerprint density at radius 2 is 1.96 bits per heavy atom. The van der Waals surface area contributed by atoms with Crippen molar-refractivity contribution in [1.82, 2.24) is 9.97 Å². The first-order valence-corrected chi connectivity index (χ1v) is 8.53. The average molecular weight is 345 g/mol. The maximum absolute atomic E-state index is 12.2. The number of hydrogen-bond donors (Lipinski definition) is 2. The molecule has 0 fully saturated rings. The molecule has 0 amide bonds. The van der Waals surface area contributed by atoms with Crippen LogP contribution in [0.1, 0.15) is 30.9 Å². The lowest BCUT2D eigenvalue weighted by Gasteiger charge is -2.31. The first-order chi connectivity index (χ1) is 12.6. The largest absolute Gasteiger partial charge is 0.481 e. The van der Waals surface area contributed by atoms with Crippen LogP contribution in [0.2, 0.25) is 0 Å². The summed E-state index contributed by atoms with van der Waals surface area (Å²) < 4.78 is 0. The van der Waals surface area contributed by atoms with E-state index in [9.17, 15) is 9.90 Å². The Bertz CT molecular complexity index is 1050. The lowest BCUT2D eigenvalue weighted by Crippen LogP contribution is -2.32. The van der Waals surface area contributed by atoms with Crippen molar-refractivity contribution in [3.05, 3.63) is 71.8 Å². The van der Waals surface area contributed by atoms with Crippen molar-refractivity contribution in [2.75, 3.05) is 0 Å². The van der Waals surface area contributed by atoms with E-state index < -0.39 is 11.9 Å². The number of benzene rings is 1. The number of H-pyrrole nitrogens is 1. The van der Waals surface area contributed by atoms with Crippen LogP contribution in [0.25, 0.3) is 16.5 Å². The number of carboxylic acid groups (broad SMARTS) is 1. The minimum atomic E-state index is -0.865. The maximum Gasteiger partial charge on any atom is 0.313 e. The predicted octanol–water partition coefficient (Wildman–Crippen LogP) is 4.25. The van der Waals surface area contributed by atoms with Crippen LogP contribution in [0.5, 0.6) is 0 Å². The van der Waals surface area contributed by atoms with E-state index in [-0.39, 0.29) is 5.92 Å². The molecule has 2 unspecified atom stereocenters. The highest BCUT2D eigenvalue weighted by Crippen LogP contribution is 2.45. The molecule has 2 atom stereocenters. The lowest BCUT2D eigenvalue weighted by atomic mass is 9.74. The summed E-state index contributed by atoms with van der Waals surface area (Å²) in [7, 11) is 0. The summed E-state index contributed by atoms with van der Waals surface area (Å²) in [5.41, 5.74) is 5.25. The Morgan fingerprint density at radius 1 is 1.15 bits per heavy atom. The number of rotatable bonds is 3. The topological polar surface area (TPSA) is 78.3 Å². The molecule has 3 aromatic rings. The molecule has 1 aliphatic heterocycles. The second-order valence-corrected chi connectivity index (χ2v) is 6.58. The highest BCUT2D eigenvalue weighted by Gasteiger charge is 2.39. The number of nitrogens with one attached hydrogen (secondary N) is 1. The van der Waals surface area contributed by atoms with Gasteiger partial charge in [-0.1, -0.05) is 24.3 Å². The summed E-state index contributed by atoms with van der Waals surface area (Å²) >= 11 is 0. The first-order valence-electron chi connectivity index (χ1n) is 8.53. The van der Waals surface area contributed by atoms with Crippen LogP contribution in [0.15, 0.2) is 65.7 Å². The van der Waals surface area contributed by atoms with Crippen LogP contribution in [0.3, 0.4) is 0 Å². The van der Waals surface area contributed by atoms with E-state index in [0.717, 1.165) is 33.3 Å². The van der Waals surface area contributed by atoms with E-state index in [0.29, 0.717) is 5.71 Å². The summed E-state index contributed by atoms with van der Waals surface area (Å²) in [5.74, 6) is -1.91. The second kappa shape index (κ2) is 6.26. The van der Waals surface area contributed by atoms with Gasteiger partial charge in [-0.3, -0.25) is 14.8 Å². The fraction of sp³-hybridized carbons (Fsp3) is 0.190. The van der Waals surface area contributed by atoms with Gasteiger partial charge in [0, 0.05) is 46.8 Å². The molecule has 0 aliphatic carbocycles. The molecule has 2 N–H and O–H groups in total. The lowest BCUT2D eigenvalue weighted by molar-refractivity contribution is -0.139. The summed E-state index contributed by atoms with van der Waals surface area (Å²) in [4.78, 5) is 24.2. The SMILES string of the molecule is CC1=NC(C)=C(c2cccnc2)C(c2c[nH]c3ccccc23)C1C(=O)O. The van der Waals surface area contributed by atoms with Crippen molar-refractivity contribution in [3.63, 3.8) is 0 Å². The number of carboxylic acids is 1. The van der Waals surface area contributed by atoms with Crippen LogP contribution < -0.4 is 0 Å². The molecule has 130 valence electrons. The number of aromatic amines is 1. The Balaban J connectivity index is 2.00. The molecule has 1 aliphatic rings.